The van der Waals surface area contributed by atoms with Gasteiger partial charge in [-0.2, -0.15) is 0 Å². The van der Waals surface area contributed by atoms with Crippen LogP contribution in [0.2, 0.25) is 0 Å². The fourth-order valence-corrected chi connectivity index (χ4v) is 5.70. The van der Waals surface area contributed by atoms with Crippen molar-refractivity contribution in [2.75, 3.05) is 39.8 Å². The largest absolute Gasteiger partial charge is 0.342 e. The summed E-state index contributed by atoms with van der Waals surface area (Å²) in [5.41, 5.74) is 3.38. The summed E-state index contributed by atoms with van der Waals surface area (Å²) in [4.78, 5) is 20.2. The Bertz CT molecular complexity index is 743. The molecule has 1 aromatic rings. The Kier molecular flexibility index (Phi) is 8.66. The van der Waals surface area contributed by atoms with E-state index in [4.69, 9.17) is 0 Å². The third-order valence-electron chi connectivity index (χ3n) is 7.46. The first kappa shape index (κ1) is 26.2. The van der Waals surface area contributed by atoms with Crippen LogP contribution in [0.15, 0.2) is 24.3 Å². The Morgan fingerprint density at radius 1 is 0.879 bits per heavy atom. The molecule has 2 heterocycles. The highest BCUT2D eigenvalue weighted by Crippen LogP contribution is 2.28. The third kappa shape index (κ3) is 8.10. The van der Waals surface area contributed by atoms with E-state index in [0.717, 1.165) is 71.4 Å². The van der Waals surface area contributed by atoms with Crippen molar-refractivity contribution in [3.63, 3.8) is 0 Å². The van der Waals surface area contributed by atoms with Gasteiger partial charge in [-0.1, -0.05) is 45.0 Å². The number of hydrogen-bond donors (Lipinski definition) is 0. The minimum absolute atomic E-state index is 0.215. The second-order valence-corrected chi connectivity index (χ2v) is 13.0. The molecule has 4 heteroatoms. The number of rotatable bonds is 6. The molecule has 1 amide bonds. The second-order valence-electron chi connectivity index (χ2n) is 13.0. The Balaban J connectivity index is 1.41. The maximum absolute atomic E-state index is 13.1. The zero-order valence-electron chi connectivity index (χ0n) is 22.5. The predicted octanol–water partition coefficient (Wildman–Crippen LogP) is 5.46. The minimum Gasteiger partial charge on any atom is -0.342 e. The van der Waals surface area contributed by atoms with Crippen LogP contribution in [-0.4, -0.2) is 65.9 Å². The van der Waals surface area contributed by atoms with Gasteiger partial charge in [-0.05, 0) is 95.5 Å². The van der Waals surface area contributed by atoms with Crippen LogP contribution in [0.3, 0.4) is 0 Å². The number of likely N-dealkylation sites (tertiary alicyclic amines) is 2. The van der Waals surface area contributed by atoms with Gasteiger partial charge in [0, 0.05) is 37.6 Å². The van der Waals surface area contributed by atoms with E-state index < -0.39 is 0 Å². The summed E-state index contributed by atoms with van der Waals surface area (Å²) in [5.74, 6) is 1.36. The highest BCUT2D eigenvalue weighted by Gasteiger charge is 2.33. The van der Waals surface area contributed by atoms with Crippen LogP contribution in [0, 0.1) is 17.3 Å². The molecule has 0 bridgehead atoms. The lowest BCUT2D eigenvalue weighted by molar-refractivity contribution is -0.139. The van der Waals surface area contributed by atoms with E-state index in [9.17, 15) is 4.79 Å². The van der Waals surface area contributed by atoms with E-state index in [1.54, 1.807) is 0 Å². The van der Waals surface area contributed by atoms with Gasteiger partial charge in [-0.25, -0.2) is 0 Å². The summed E-state index contributed by atoms with van der Waals surface area (Å²) in [5, 5.41) is 0. The van der Waals surface area contributed by atoms with Crippen molar-refractivity contribution in [1.29, 1.82) is 0 Å². The molecule has 0 aliphatic carbocycles. The van der Waals surface area contributed by atoms with Crippen molar-refractivity contribution in [3.05, 3.63) is 35.4 Å². The molecule has 0 unspecified atom stereocenters. The fourth-order valence-electron chi connectivity index (χ4n) is 5.70. The molecule has 3 rings (SSSR count). The van der Waals surface area contributed by atoms with E-state index in [1.165, 1.54) is 11.1 Å². The van der Waals surface area contributed by atoms with Crippen LogP contribution in [0.25, 0.3) is 0 Å². The van der Waals surface area contributed by atoms with Crippen LogP contribution in [0.1, 0.15) is 78.4 Å². The topological polar surface area (TPSA) is 26.8 Å². The van der Waals surface area contributed by atoms with E-state index >= 15 is 0 Å². The number of benzene rings is 1. The van der Waals surface area contributed by atoms with Gasteiger partial charge in [0.2, 0.25) is 5.91 Å². The van der Waals surface area contributed by atoms with Gasteiger partial charge in [0.25, 0.3) is 0 Å². The summed E-state index contributed by atoms with van der Waals surface area (Å²) >= 11 is 0. The lowest BCUT2D eigenvalue weighted by Crippen LogP contribution is -2.50. The zero-order valence-corrected chi connectivity index (χ0v) is 22.5. The smallest absolute Gasteiger partial charge is 0.225 e. The van der Waals surface area contributed by atoms with Crippen molar-refractivity contribution in [1.82, 2.24) is 14.7 Å². The van der Waals surface area contributed by atoms with Crippen molar-refractivity contribution >= 4 is 5.91 Å². The lowest BCUT2D eigenvalue weighted by atomic mass is 9.88. The molecular weight excluding hydrogens is 406 g/mol. The Morgan fingerprint density at radius 3 is 1.94 bits per heavy atom. The average molecular weight is 456 g/mol. The van der Waals surface area contributed by atoms with Crippen LogP contribution in [0.4, 0.5) is 0 Å². The van der Waals surface area contributed by atoms with E-state index in [2.05, 4.69) is 87.6 Å². The van der Waals surface area contributed by atoms with Crippen molar-refractivity contribution in [3.8, 4) is 0 Å². The van der Waals surface area contributed by atoms with Crippen LogP contribution < -0.4 is 0 Å². The van der Waals surface area contributed by atoms with Crippen molar-refractivity contribution in [2.45, 2.75) is 85.7 Å². The number of nitrogens with zero attached hydrogens (tertiary/aromatic N) is 3. The number of piperidine rings is 2. The maximum Gasteiger partial charge on any atom is 0.225 e. The molecule has 33 heavy (non-hydrogen) atoms. The van der Waals surface area contributed by atoms with E-state index in [1.807, 2.05) is 0 Å². The van der Waals surface area contributed by atoms with Crippen molar-refractivity contribution in [2.24, 2.45) is 17.3 Å². The standard InChI is InChI=1S/C29H49N3O/c1-28(2,3)22-30(7)21-25-10-8-23(9-11-25)20-24-12-16-31(17-13-24)27(33)26-14-18-32(19-15-26)29(4,5)6/h8-11,24,26H,12-22H2,1-7H3. The normalized spacial score (nSPS) is 19.9. The summed E-state index contributed by atoms with van der Waals surface area (Å²) in [7, 11) is 2.21. The maximum atomic E-state index is 13.1. The molecule has 4 nitrogen and oxygen atoms in total. The Hall–Kier alpha value is -1.39. The Labute approximate surface area is 203 Å². The molecule has 0 spiro atoms. The Morgan fingerprint density at radius 2 is 1.42 bits per heavy atom. The molecule has 0 aromatic heterocycles. The van der Waals surface area contributed by atoms with Gasteiger partial charge in [0.15, 0.2) is 0 Å². The second kappa shape index (κ2) is 10.9. The predicted molar refractivity (Wildman–Crippen MR) is 139 cm³/mol. The van der Waals surface area contributed by atoms with Crippen LogP contribution in [-0.2, 0) is 17.8 Å². The molecular formula is C29H49N3O. The SMILES string of the molecule is CN(Cc1ccc(CC2CCN(C(=O)C3CCN(C(C)(C)C)CC3)CC2)cc1)CC(C)(C)C. The lowest BCUT2D eigenvalue weighted by Gasteiger charge is -2.42. The molecule has 0 atom stereocenters. The molecule has 1 aromatic carbocycles. The van der Waals surface area contributed by atoms with Gasteiger partial charge >= 0.3 is 0 Å². The number of carbonyl (C=O) groups is 1. The van der Waals surface area contributed by atoms with Crippen molar-refractivity contribution < 1.29 is 4.79 Å². The van der Waals surface area contributed by atoms with Gasteiger partial charge in [0.1, 0.15) is 0 Å². The first-order chi connectivity index (χ1) is 15.4. The highest BCUT2D eigenvalue weighted by atomic mass is 16.2. The fraction of sp³-hybridized carbons (Fsp3) is 0.759. The molecule has 2 aliphatic rings. The molecule has 2 saturated heterocycles. The van der Waals surface area contributed by atoms with Gasteiger partial charge in [0.05, 0.1) is 0 Å². The summed E-state index contributed by atoms with van der Waals surface area (Å²) in [6, 6.07) is 9.25. The minimum atomic E-state index is 0.215. The van der Waals surface area contributed by atoms with Gasteiger partial charge in [-0.3, -0.25) is 9.69 Å². The highest BCUT2D eigenvalue weighted by molar-refractivity contribution is 5.79. The molecule has 0 saturated carbocycles. The molecule has 2 fully saturated rings. The van der Waals surface area contributed by atoms with Crippen LogP contribution in [0.5, 0.6) is 0 Å². The number of amides is 1. The molecule has 2 aliphatic heterocycles. The first-order valence-electron chi connectivity index (χ1n) is 13.2. The van der Waals surface area contributed by atoms with E-state index in [0.29, 0.717) is 17.2 Å². The van der Waals surface area contributed by atoms with Gasteiger partial charge in [-0.15, -0.1) is 0 Å². The van der Waals surface area contributed by atoms with Crippen LogP contribution >= 0.6 is 0 Å². The molecule has 0 radical (unpaired) electrons. The monoisotopic (exact) mass is 455 g/mol. The van der Waals surface area contributed by atoms with E-state index in [-0.39, 0.29) is 11.5 Å². The quantitative estimate of drug-likeness (QED) is 0.570. The third-order valence-corrected chi connectivity index (χ3v) is 7.46. The number of carbonyl (C=O) groups excluding carboxylic acids is 1. The summed E-state index contributed by atoms with van der Waals surface area (Å²) in [6.07, 6.45) is 5.47. The summed E-state index contributed by atoms with van der Waals surface area (Å²) in [6.45, 7) is 19.8. The molecule has 0 N–H and O–H groups in total. The first-order valence-corrected chi connectivity index (χ1v) is 13.2. The average Bonchev–Trinajstić information content (AvgIpc) is 2.73. The van der Waals surface area contributed by atoms with Gasteiger partial charge < -0.3 is 9.80 Å². The molecule has 186 valence electrons. The number of hydrogen-bond acceptors (Lipinski definition) is 3. The zero-order chi connectivity index (χ0) is 24.2. The summed E-state index contributed by atoms with van der Waals surface area (Å²) < 4.78 is 0.